The molecule has 0 unspecified atom stereocenters. The number of benzene rings is 1. The number of hydrogen-bond donors (Lipinski definition) is 1. The zero-order chi connectivity index (χ0) is 15.4. The van der Waals surface area contributed by atoms with Crippen LogP contribution in [0, 0.1) is 5.82 Å². The molecule has 2 rings (SSSR count). The van der Waals surface area contributed by atoms with Crippen LogP contribution in [0.25, 0.3) is 0 Å². The van der Waals surface area contributed by atoms with E-state index >= 15 is 0 Å². The molecule has 0 aliphatic rings. The first-order chi connectivity index (χ1) is 10.0. The lowest BCUT2D eigenvalue weighted by Gasteiger charge is -2.22. The van der Waals surface area contributed by atoms with Crippen molar-refractivity contribution in [2.45, 2.75) is 6.92 Å². The third-order valence-electron chi connectivity index (χ3n) is 2.93. The quantitative estimate of drug-likeness (QED) is 0.911. The predicted octanol–water partition coefficient (Wildman–Crippen LogP) is 2.28. The molecule has 1 aromatic carbocycles. The van der Waals surface area contributed by atoms with Gasteiger partial charge in [-0.1, -0.05) is 0 Å². The summed E-state index contributed by atoms with van der Waals surface area (Å²) in [6, 6.07) is 6.25. The highest BCUT2D eigenvalue weighted by molar-refractivity contribution is 5.59. The first-order valence-corrected chi connectivity index (χ1v) is 6.69. The molecule has 0 aliphatic heterocycles. The third kappa shape index (κ3) is 3.36. The molecular weight excluding hydrogens is 271 g/mol. The zero-order valence-corrected chi connectivity index (χ0v) is 12.6. The number of nitrogens with one attached hydrogen (secondary N) is 1. The molecule has 1 N–H and O–H groups in total. The summed E-state index contributed by atoms with van der Waals surface area (Å²) < 4.78 is 13.1. The van der Waals surface area contributed by atoms with E-state index in [0.29, 0.717) is 24.4 Å². The smallest absolute Gasteiger partial charge is 0.236 e. The van der Waals surface area contributed by atoms with Gasteiger partial charge in [0.1, 0.15) is 5.82 Å². The van der Waals surface area contributed by atoms with E-state index in [0.717, 1.165) is 5.69 Å². The molecule has 6 nitrogen and oxygen atoms in total. The summed E-state index contributed by atoms with van der Waals surface area (Å²) in [5, 5.41) is 2.93. The fourth-order valence-electron chi connectivity index (χ4n) is 1.85. The molecule has 0 saturated heterocycles. The minimum Gasteiger partial charge on any atom is -0.357 e. The minimum atomic E-state index is -0.268. The van der Waals surface area contributed by atoms with Crippen LogP contribution < -0.4 is 15.1 Å². The van der Waals surface area contributed by atoms with Gasteiger partial charge in [0.15, 0.2) is 0 Å². The van der Waals surface area contributed by atoms with Crippen molar-refractivity contribution in [3.8, 4) is 0 Å². The molecule has 0 atom stereocenters. The van der Waals surface area contributed by atoms with Gasteiger partial charge in [-0.15, -0.1) is 0 Å². The van der Waals surface area contributed by atoms with Gasteiger partial charge >= 0.3 is 0 Å². The summed E-state index contributed by atoms with van der Waals surface area (Å²) in [6.07, 6.45) is 0. The highest BCUT2D eigenvalue weighted by Crippen LogP contribution is 2.24. The normalized spacial score (nSPS) is 10.3. The van der Waals surface area contributed by atoms with Gasteiger partial charge in [-0.3, -0.25) is 0 Å². The number of hydrogen-bond acceptors (Lipinski definition) is 6. The minimum absolute atomic E-state index is 0.268. The SMILES string of the molecule is CCN(c1ccc(F)cc1)c1nc(NC)nc(N(C)C)n1. The van der Waals surface area contributed by atoms with Gasteiger partial charge in [-0.2, -0.15) is 15.0 Å². The Labute approximate surface area is 123 Å². The van der Waals surface area contributed by atoms with E-state index in [-0.39, 0.29) is 5.82 Å². The second-order valence-corrected chi connectivity index (χ2v) is 4.62. The van der Waals surface area contributed by atoms with Gasteiger partial charge in [0.05, 0.1) is 0 Å². The predicted molar refractivity (Wildman–Crippen MR) is 82.8 cm³/mol. The molecule has 1 aromatic heterocycles. The largest absolute Gasteiger partial charge is 0.357 e. The Balaban J connectivity index is 2.46. The van der Waals surface area contributed by atoms with Gasteiger partial charge in [-0.05, 0) is 31.2 Å². The lowest BCUT2D eigenvalue weighted by Crippen LogP contribution is -2.22. The summed E-state index contributed by atoms with van der Waals surface area (Å²) in [6.45, 7) is 2.65. The van der Waals surface area contributed by atoms with Crippen LogP contribution in [0.4, 0.5) is 27.9 Å². The number of halogens is 1. The van der Waals surface area contributed by atoms with Gasteiger partial charge in [0.2, 0.25) is 17.8 Å². The molecule has 0 spiro atoms. The summed E-state index contributed by atoms with van der Waals surface area (Å²) in [5.74, 6) is 1.30. The van der Waals surface area contributed by atoms with Crippen LogP contribution in [0.3, 0.4) is 0 Å². The van der Waals surface area contributed by atoms with E-state index in [4.69, 9.17) is 0 Å². The number of nitrogens with zero attached hydrogens (tertiary/aromatic N) is 5. The van der Waals surface area contributed by atoms with Crippen LogP contribution in [0.15, 0.2) is 24.3 Å². The van der Waals surface area contributed by atoms with E-state index in [2.05, 4.69) is 20.3 Å². The molecule has 7 heteroatoms. The lowest BCUT2D eigenvalue weighted by atomic mass is 10.3. The van der Waals surface area contributed by atoms with E-state index in [9.17, 15) is 4.39 Å². The molecule has 0 radical (unpaired) electrons. The van der Waals surface area contributed by atoms with Gasteiger partial charge in [0, 0.05) is 33.4 Å². The molecule has 0 fully saturated rings. The maximum absolute atomic E-state index is 13.1. The second kappa shape index (κ2) is 6.34. The zero-order valence-electron chi connectivity index (χ0n) is 12.6. The van der Waals surface area contributed by atoms with Crippen LogP contribution in [0.2, 0.25) is 0 Å². The van der Waals surface area contributed by atoms with E-state index in [1.165, 1.54) is 12.1 Å². The third-order valence-corrected chi connectivity index (χ3v) is 2.93. The average molecular weight is 290 g/mol. The van der Waals surface area contributed by atoms with Gasteiger partial charge in [0.25, 0.3) is 0 Å². The van der Waals surface area contributed by atoms with Crippen molar-refractivity contribution in [1.29, 1.82) is 0 Å². The topological polar surface area (TPSA) is 57.2 Å². The second-order valence-electron chi connectivity index (χ2n) is 4.62. The Kier molecular flexibility index (Phi) is 4.52. The molecule has 0 aliphatic carbocycles. The van der Waals surface area contributed by atoms with E-state index in [1.54, 1.807) is 19.2 Å². The van der Waals surface area contributed by atoms with Crippen LogP contribution in [0.1, 0.15) is 6.92 Å². The molecule has 0 saturated carbocycles. The van der Waals surface area contributed by atoms with Crippen molar-refractivity contribution >= 4 is 23.5 Å². The Bertz CT molecular complexity index is 599. The van der Waals surface area contributed by atoms with Crippen molar-refractivity contribution < 1.29 is 4.39 Å². The summed E-state index contributed by atoms with van der Waals surface area (Å²) >= 11 is 0. The van der Waals surface area contributed by atoms with E-state index in [1.807, 2.05) is 30.8 Å². The number of anilines is 4. The molecular formula is C14H19FN6. The Morgan fingerprint density at radius 1 is 1.05 bits per heavy atom. The maximum atomic E-state index is 13.1. The molecule has 1 heterocycles. The average Bonchev–Trinajstić information content (AvgIpc) is 2.49. The summed E-state index contributed by atoms with van der Waals surface area (Å²) in [7, 11) is 5.49. The molecule has 21 heavy (non-hydrogen) atoms. The highest BCUT2D eigenvalue weighted by atomic mass is 19.1. The highest BCUT2D eigenvalue weighted by Gasteiger charge is 2.14. The number of rotatable bonds is 5. The Hall–Kier alpha value is -2.44. The van der Waals surface area contributed by atoms with Crippen molar-refractivity contribution in [1.82, 2.24) is 15.0 Å². The van der Waals surface area contributed by atoms with Crippen molar-refractivity contribution in [3.05, 3.63) is 30.1 Å². The fourth-order valence-corrected chi connectivity index (χ4v) is 1.85. The van der Waals surface area contributed by atoms with E-state index < -0.39 is 0 Å². The van der Waals surface area contributed by atoms with Crippen molar-refractivity contribution in [3.63, 3.8) is 0 Å². The lowest BCUT2D eigenvalue weighted by molar-refractivity contribution is 0.627. The molecule has 112 valence electrons. The first-order valence-electron chi connectivity index (χ1n) is 6.69. The van der Waals surface area contributed by atoms with Crippen molar-refractivity contribution in [2.24, 2.45) is 0 Å². The Morgan fingerprint density at radius 2 is 1.67 bits per heavy atom. The first kappa shape index (κ1) is 15.0. The summed E-state index contributed by atoms with van der Waals surface area (Å²) in [4.78, 5) is 16.8. The monoisotopic (exact) mass is 290 g/mol. The van der Waals surface area contributed by atoms with Gasteiger partial charge < -0.3 is 15.1 Å². The van der Waals surface area contributed by atoms with Crippen LogP contribution in [-0.4, -0.2) is 42.6 Å². The van der Waals surface area contributed by atoms with Crippen LogP contribution in [0.5, 0.6) is 0 Å². The maximum Gasteiger partial charge on any atom is 0.236 e. The van der Waals surface area contributed by atoms with Crippen LogP contribution >= 0.6 is 0 Å². The van der Waals surface area contributed by atoms with Crippen LogP contribution in [-0.2, 0) is 0 Å². The van der Waals surface area contributed by atoms with Crippen molar-refractivity contribution in [2.75, 3.05) is 42.8 Å². The standard InChI is InChI=1S/C14H19FN6/c1-5-21(11-8-6-10(15)7-9-11)14-18-12(16-2)17-13(19-14)20(3)4/h6-9H,5H2,1-4H3,(H,16,17,18,19). The molecule has 0 amide bonds. The summed E-state index contributed by atoms with van der Waals surface area (Å²) in [5.41, 5.74) is 0.830. The van der Waals surface area contributed by atoms with Gasteiger partial charge in [-0.25, -0.2) is 4.39 Å². The number of aromatic nitrogens is 3. The Morgan fingerprint density at radius 3 is 2.19 bits per heavy atom. The molecule has 0 bridgehead atoms. The fraction of sp³-hybridized carbons (Fsp3) is 0.357. The molecule has 2 aromatic rings.